The summed E-state index contributed by atoms with van der Waals surface area (Å²) in [6.07, 6.45) is 8.90. The number of benzene rings is 1. The van der Waals surface area contributed by atoms with Gasteiger partial charge in [-0.25, -0.2) is 8.42 Å². The maximum atomic E-state index is 12.9. The molecule has 6 nitrogen and oxygen atoms in total. The van der Waals surface area contributed by atoms with Crippen LogP contribution >= 0.6 is 0 Å². The van der Waals surface area contributed by atoms with Gasteiger partial charge in [-0.3, -0.25) is 9.59 Å². The van der Waals surface area contributed by atoms with Gasteiger partial charge in [-0.05, 0) is 50.2 Å². The van der Waals surface area contributed by atoms with Gasteiger partial charge in [0.1, 0.15) is 15.9 Å². The molecule has 2 aliphatic rings. The van der Waals surface area contributed by atoms with Crippen LogP contribution in [0.25, 0.3) is 0 Å². The molecular formula is C21H28N2O4S. The number of nitrogens with zero attached hydrogens (tertiary/aromatic N) is 1. The maximum Gasteiger partial charge on any atom is 0.255 e. The molecule has 0 bridgehead atoms. The van der Waals surface area contributed by atoms with Crippen molar-refractivity contribution in [3.63, 3.8) is 0 Å². The van der Waals surface area contributed by atoms with Gasteiger partial charge in [-0.15, -0.1) is 0 Å². The Kier molecular flexibility index (Phi) is 6.54. The molecule has 1 aromatic carbocycles. The van der Waals surface area contributed by atoms with E-state index in [0.717, 1.165) is 31.1 Å². The molecule has 0 saturated heterocycles. The van der Waals surface area contributed by atoms with Crippen molar-refractivity contribution in [3.8, 4) is 0 Å². The van der Waals surface area contributed by atoms with Crippen LogP contribution in [0.5, 0.6) is 0 Å². The Hall–Kier alpha value is -2.15. The number of carbonyl (C=O) groups is 2. The summed E-state index contributed by atoms with van der Waals surface area (Å²) in [4.78, 5) is 27.1. The first-order chi connectivity index (χ1) is 13.3. The van der Waals surface area contributed by atoms with Crippen LogP contribution < -0.4 is 5.32 Å². The second-order valence-corrected chi connectivity index (χ2v) is 9.93. The summed E-state index contributed by atoms with van der Waals surface area (Å²) in [7, 11) is -3.23. The van der Waals surface area contributed by atoms with Gasteiger partial charge < -0.3 is 10.2 Å². The molecule has 1 N–H and O–H groups in total. The van der Waals surface area contributed by atoms with E-state index >= 15 is 0 Å². The highest BCUT2D eigenvalue weighted by Gasteiger charge is 2.36. The smallest absolute Gasteiger partial charge is 0.255 e. The third-order valence-electron chi connectivity index (χ3n) is 5.42. The summed E-state index contributed by atoms with van der Waals surface area (Å²) in [5.41, 5.74) is 2.83. The zero-order valence-electron chi connectivity index (χ0n) is 16.3. The van der Waals surface area contributed by atoms with Crippen molar-refractivity contribution >= 4 is 21.7 Å². The summed E-state index contributed by atoms with van der Waals surface area (Å²) in [6.45, 7) is 0.844. The minimum absolute atomic E-state index is 0.104. The molecule has 152 valence electrons. The predicted molar refractivity (Wildman–Crippen MR) is 109 cm³/mol. The molecule has 0 fully saturated rings. The summed E-state index contributed by atoms with van der Waals surface area (Å²) in [5.74, 6) is -0.614. The van der Waals surface area contributed by atoms with Crippen molar-refractivity contribution in [2.45, 2.75) is 51.1 Å². The fourth-order valence-electron chi connectivity index (χ4n) is 3.88. The lowest BCUT2D eigenvalue weighted by Crippen LogP contribution is -2.48. The molecule has 28 heavy (non-hydrogen) atoms. The Bertz CT molecular complexity index is 876. The fraction of sp³-hybridized carbons (Fsp3) is 0.524. The van der Waals surface area contributed by atoms with Crippen molar-refractivity contribution in [2.75, 3.05) is 18.6 Å². The van der Waals surface area contributed by atoms with E-state index in [-0.39, 0.29) is 24.0 Å². The first kappa shape index (κ1) is 20.6. The van der Waals surface area contributed by atoms with E-state index in [9.17, 15) is 18.0 Å². The SMILES string of the molecule is CS(=O)(=O)CC[C@H](C(=O)NCCC1=CCCCC1)N1Cc2ccccc2C1=O. The molecule has 0 saturated carbocycles. The average Bonchev–Trinajstić information content (AvgIpc) is 2.99. The Labute approximate surface area is 166 Å². The quantitative estimate of drug-likeness (QED) is 0.675. The lowest BCUT2D eigenvalue weighted by Gasteiger charge is -2.27. The predicted octanol–water partition coefficient (Wildman–Crippen LogP) is 2.45. The van der Waals surface area contributed by atoms with Crippen LogP contribution in [0.2, 0.25) is 0 Å². The van der Waals surface area contributed by atoms with Gasteiger partial charge in [-0.2, -0.15) is 0 Å². The molecule has 0 radical (unpaired) electrons. The Morgan fingerprint density at radius 3 is 2.71 bits per heavy atom. The zero-order chi connectivity index (χ0) is 20.1. The Morgan fingerprint density at radius 1 is 1.25 bits per heavy atom. The fourth-order valence-corrected chi connectivity index (χ4v) is 4.53. The maximum absolute atomic E-state index is 12.9. The number of sulfone groups is 1. The highest BCUT2D eigenvalue weighted by molar-refractivity contribution is 7.90. The van der Waals surface area contributed by atoms with E-state index in [1.54, 1.807) is 12.1 Å². The van der Waals surface area contributed by atoms with E-state index in [0.29, 0.717) is 18.7 Å². The summed E-state index contributed by atoms with van der Waals surface area (Å²) in [6, 6.07) is 6.49. The Balaban J connectivity index is 1.67. The van der Waals surface area contributed by atoms with Gasteiger partial charge in [0, 0.05) is 24.9 Å². The number of amides is 2. The molecule has 2 amide bonds. The number of hydrogen-bond donors (Lipinski definition) is 1. The molecular weight excluding hydrogens is 376 g/mol. The van der Waals surface area contributed by atoms with Crippen molar-refractivity contribution in [1.29, 1.82) is 0 Å². The number of nitrogens with one attached hydrogen (secondary N) is 1. The van der Waals surface area contributed by atoms with Gasteiger partial charge in [0.15, 0.2) is 0 Å². The first-order valence-corrected chi connectivity index (χ1v) is 11.9. The average molecular weight is 405 g/mol. The van der Waals surface area contributed by atoms with E-state index in [1.807, 2.05) is 12.1 Å². The highest BCUT2D eigenvalue weighted by Crippen LogP contribution is 2.26. The van der Waals surface area contributed by atoms with E-state index in [1.165, 1.54) is 23.3 Å². The number of fused-ring (bicyclic) bond motifs is 1. The van der Waals surface area contributed by atoms with Gasteiger partial charge >= 0.3 is 0 Å². The normalized spacial score (nSPS) is 17.8. The van der Waals surface area contributed by atoms with Crippen LogP contribution in [0.1, 0.15) is 54.4 Å². The number of allylic oxidation sites excluding steroid dienone is 1. The van der Waals surface area contributed by atoms with E-state index < -0.39 is 15.9 Å². The molecule has 0 aromatic heterocycles. The van der Waals surface area contributed by atoms with E-state index in [4.69, 9.17) is 0 Å². The number of hydrogen-bond acceptors (Lipinski definition) is 4. The van der Waals surface area contributed by atoms with E-state index in [2.05, 4.69) is 11.4 Å². The second kappa shape index (κ2) is 8.90. The van der Waals surface area contributed by atoms with Crippen molar-refractivity contribution < 1.29 is 18.0 Å². The van der Waals surface area contributed by atoms with Crippen molar-refractivity contribution in [2.24, 2.45) is 0 Å². The molecule has 7 heteroatoms. The largest absolute Gasteiger partial charge is 0.354 e. The topological polar surface area (TPSA) is 83.6 Å². The zero-order valence-corrected chi connectivity index (χ0v) is 17.1. The molecule has 1 atom stereocenters. The summed E-state index contributed by atoms with van der Waals surface area (Å²) in [5, 5.41) is 2.92. The van der Waals surface area contributed by atoms with Crippen LogP contribution in [-0.2, 0) is 21.2 Å². The lowest BCUT2D eigenvalue weighted by atomic mass is 9.97. The van der Waals surface area contributed by atoms with Crippen LogP contribution in [-0.4, -0.2) is 49.7 Å². The third-order valence-corrected chi connectivity index (χ3v) is 6.40. The molecule has 1 aliphatic heterocycles. The third kappa shape index (κ3) is 5.22. The molecule has 3 rings (SSSR count). The van der Waals surface area contributed by atoms with Crippen LogP contribution in [0, 0.1) is 0 Å². The van der Waals surface area contributed by atoms with Crippen molar-refractivity contribution in [1.82, 2.24) is 10.2 Å². The second-order valence-electron chi connectivity index (χ2n) is 7.67. The van der Waals surface area contributed by atoms with Crippen LogP contribution in [0.4, 0.5) is 0 Å². The van der Waals surface area contributed by atoms with Gasteiger partial charge in [0.05, 0.1) is 5.75 Å². The van der Waals surface area contributed by atoms with Gasteiger partial charge in [0.25, 0.3) is 5.91 Å². The number of carbonyl (C=O) groups excluding carboxylic acids is 2. The molecule has 1 aliphatic carbocycles. The number of rotatable bonds is 8. The summed E-state index contributed by atoms with van der Waals surface area (Å²) < 4.78 is 23.3. The minimum atomic E-state index is -3.23. The molecule has 1 aromatic rings. The van der Waals surface area contributed by atoms with Crippen LogP contribution in [0.15, 0.2) is 35.9 Å². The first-order valence-electron chi connectivity index (χ1n) is 9.87. The van der Waals surface area contributed by atoms with Gasteiger partial charge in [0.2, 0.25) is 5.91 Å². The Morgan fingerprint density at radius 2 is 2.04 bits per heavy atom. The molecule has 1 heterocycles. The van der Waals surface area contributed by atoms with Crippen molar-refractivity contribution in [3.05, 3.63) is 47.0 Å². The lowest BCUT2D eigenvalue weighted by molar-refractivity contribution is -0.125. The monoisotopic (exact) mass is 404 g/mol. The highest BCUT2D eigenvalue weighted by atomic mass is 32.2. The minimum Gasteiger partial charge on any atom is -0.354 e. The molecule has 0 unspecified atom stereocenters. The standard InChI is InChI=1S/C21H28N2O4S/c1-28(26,27)14-12-19(20(24)22-13-11-16-7-3-2-4-8-16)23-15-17-9-5-6-10-18(17)21(23)25/h5-7,9-10,19H,2-4,8,11-15H2,1H3,(H,22,24)/t19-/m1/s1. The van der Waals surface area contributed by atoms with Crippen LogP contribution in [0.3, 0.4) is 0 Å². The summed E-state index contributed by atoms with van der Waals surface area (Å²) >= 11 is 0. The van der Waals surface area contributed by atoms with Gasteiger partial charge in [-0.1, -0.05) is 29.8 Å². The molecule has 0 spiro atoms.